The van der Waals surface area contributed by atoms with Crippen molar-refractivity contribution in [2.75, 3.05) is 13.1 Å². The maximum absolute atomic E-state index is 13.7. The van der Waals surface area contributed by atoms with Crippen molar-refractivity contribution in [3.05, 3.63) is 70.8 Å². The zero-order chi connectivity index (χ0) is 24.3. The topological polar surface area (TPSA) is 61.8 Å². The van der Waals surface area contributed by atoms with Crippen molar-refractivity contribution < 1.29 is 9.59 Å². The van der Waals surface area contributed by atoms with Crippen molar-refractivity contribution in [1.29, 1.82) is 0 Å². The second-order valence-electron chi connectivity index (χ2n) is 10.6. The Hall–Kier alpha value is -2.95. The van der Waals surface area contributed by atoms with Crippen LogP contribution in [0.4, 0.5) is 0 Å². The highest BCUT2D eigenvalue weighted by Crippen LogP contribution is 2.46. The molecule has 0 saturated heterocycles. The number of amides is 2. The number of benzene rings is 2. The third-order valence-corrected chi connectivity index (χ3v) is 7.34. The molecule has 180 valence electrons. The van der Waals surface area contributed by atoms with E-state index in [1.165, 1.54) is 0 Å². The highest BCUT2D eigenvalue weighted by atomic mass is 16.2. The van der Waals surface area contributed by atoms with Gasteiger partial charge in [0.1, 0.15) is 11.4 Å². The first-order valence-corrected chi connectivity index (χ1v) is 12.6. The van der Waals surface area contributed by atoms with E-state index in [1.54, 1.807) is 0 Å². The Morgan fingerprint density at radius 1 is 1.06 bits per heavy atom. The number of aliphatic imine (C=N–C) groups is 1. The van der Waals surface area contributed by atoms with Crippen LogP contribution in [0.1, 0.15) is 79.9 Å². The minimum atomic E-state index is -0.439. The number of hydrogen-bond acceptors (Lipinski definition) is 3. The first-order valence-electron chi connectivity index (χ1n) is 12.6. The van der Waals surface area contributed by atoms with E-state index in [1.807, 2.05) is 61.2 Å². The molecule has 2 amide bonds. The van der Waals surface area contributed by atoms with Crippen LogP contribution >= 0.6 is 0 Å². The van der Waals surface area contributed by atoms with Crippen molar-refractivity contribution in [1.82, 2.24) is 10.2 Å². The van der Waals surface area contributed by atoms with Gasteiger partial charge in [0.05, 0.1) is 0 Å². The number of aryl methyl sites for hydroxylation is 1. The van der Waals surface area contributed by atoms with Crippen molar-refractivity contribution in [2.24, 2.45) is 10.4 Å². The molecule has 0 unspecified atom stereocenters. The molecule has 5 heteroatoms. The summed E-state index contributed by atoms with van der Waals surface area (Å²) in [6, 6.07) is 15.9. The third-order valence-electron chi connectivity index (χ3n) is 7.34. The summed E-state index contributed by atoms with van der Waals surface area (Å²) in [6.07, 6.45) is 5.57. The molecule has 34 heavy (non-hydrogen) atoms. The number of carbonyl (C=O) groups is 2. The Balaban J connectivity index is 1.53. The summed E-state index contributed by atoms with van der Waals surface area (Å²) in [5.41, 5.74) is 4.29. The normalized spacial score (nSPS) is 18.8. The first-order chi connectivity index (χ1) is 16.2. The number of rotatable bonds is 7. The summed E-state index contributed by atoms with van der Waals surface area (Å²) in [5, 5.41) is 2.91. The van der Waals surface area contributed by atoms with E-state index in [0.717, 1.165) is 55.2 Å². The highest BCUT2D eigenvalue weighted by molar-refractivity contribution is 6.46. The smallest absolute Gasteiger partial charge is 0.274 e. The summed E-state index contributed by atoms with van der Waals surface area (Å²) >= 11 is 0. The lowest BCUT2D eigenvalue weighted by Gasteiger charge is -2.44. The molecule has 2 aromatic carbocycles. The van der Waals surface area contributed by atoms with Gasteiger partial charge in [-0.3, -0.25) is 14.6 Å². The van der Waals surface area contributed by atoms with Gasteiger partial charge < -0.3 is 10.2 Å². The zero-order valence-corrected chi connectivity index (χ0v) is 21.0. The van der Waals surface area contributed by atoms with Gasteiger partial charge in [-0.25, -0.2) is 0 Å². The minimum Gasteiger partial charge on any atom is -0.352 e. The monoisotopic (exact) mass is 459 g/mol. The third kappa shape index (κ3) is 5.08. The lowest BCUT2D eigenvalue weighted by molar-refractivity contribution is -0.129. The summed E-state index contributed by atoms with van der Waals surface area (Å²) in [7, 11) is 0. The lowest BCUT2D eigenvalue weighted by Crippen LogP contribution is -2.50. The molecule has 2 aromatic rings. The molecule has 5 nitrogen and oxygen atoms in total. The Morgan fingerprint density at radius 2 is 1.76 bits per heavy atom. The Bertz CT molecular complexity index is 1070. The highest BCUT2D eigenvalue weighted by Gasteiger charge is 2.49. The average molecular weight is 460 g/mol. The Morgan fingerprint density at radius 3 is 2.41 bits per heavy atom. The van der Waals surface area contributed by atoms with Gasteiger partial charge in [0, 0.05) is 24.2 Å². The van der Waals surface area contributed by atoms with Crippen LogP contribution in [0.3, 0.4) is 0 Å². The molecule has 1 fully saturated rings. The average Bonchev–Trinajstić information content (AvgIpc) is 3.10. The van der Waals surface area contributed by atoms with E-state index in [2.05, 4.69) is 25.2 Å². The van der Waals surface area contributed by atoms with Gasteiger partial charge in [0.15, 0.2) is 0 Å². The number of nitrogens with one attached hydrogen (secondary N) is 1. The van der Waals surface area contributed by atoms with Crippen LogP contribution < -0.4 is 5.32 Å². The van der Waals surface area contributed by atoms with Gasteiger partial charge in [-0.05, 0) is 74.6 Å². The molecule has 0 aromatic heterocycles. The van der Waals surface area contributed by atoms with E-state index in [-0.39, 0.29) is 17.2 Å². The maximum atomic E-state index is 13.7. The Kier molecular flexibility index (Phi) is 6.92. The maximum Gasteiger partial charge on any atom is 0.274 e. The second-order valence-corrected chi connectivity index (χ2v) is 10.6. The fourth-order valence-electron chi connectivity index (χ4n) is 5.04. The van der Waals surface area contributed by atoms with Crippen LogP contribution in [0.5, 0.6) is 0 Å². The minimum absolute atomic E-state index is 0.0388. The van der Waals surface area contributed by atoms with E-state index in [9.17, 15) is 9.59 Å². The molecule has 1 aliphatic carbocycles. The van der Waals surface area contributed by atoms with Crippen LogP contribution in [0.25, 0.3) is 0 Å². The van der Waals surface area contributed by atoms with Crippen molar-refractivity contribution in [3.8, 4) is 0 Å². The lowest BCUT2D eigenvalue weighted by atomic mass is 9.72. The van der Waals surface area contributed by atoms with Crippen LogP contribution in [-0.4, -0.2) is 41.2 Å². The Labute approximate surface area is 203 Å². The van der Waals surface area contributed by atoms with E-state index in [0.29, 0.717) is 24.4 Å². The molecule has 0 radical (unpaired) electrons. The van der Waals surface area contributed by atoms with Crippen LogP contribution in [0.15, 0.2) is 53.5 Å². The molecule has 0 bridgehead atoms. The number of nitrogens with zero attached hydrogens (tertiary/aromatic N) is 2. The summed E-state index contributed by atoms with van der Waals surface area (Å²) in [5.74, 6) is 0.00367. The van der Waals surface area contributed by atoms with E-state index >= 15 is 0 Å². The largest absolute Gasteiger partial charge is 0.352 e. The molecule has 0 atom stereocenters. The summed E-state index contributed by atoms with van der Waals surface area (Å²) in [4.78, 5) is 33.0. The van der Waals surface area contributed by atoms with Gasteiger partial charge in [0.2, 0.25) is 0 Å². The predicted octanol–water partition coefficient (Wildman–Crippen LogP) is 5.31. The number of hydrogen-bond donors (Lipinski definition) is 1. The quantitative estimate of drug-likeness (QED) is 0.610. The van der Waals surface area contributed by atoms with E-state index in [4.69, 9.17) is 4.99 Å². The standard InChI is InChI=1S/C29H37N3O2/c1-5-18-30-26(33)23-11-9-22(10-12-23)13-19-32-27(34)25(24-8-6-7-21(2)20-24)31-29(32)16-14-28(3,4)15-17-29/h6-12,20H,5,13-19H2,1-4H3,(H,30,33). The van der Waals surface area contributed by atoms with Gasteiger partial charge >= 0.3 is 0 Å². The van der Waals surface area contributed by atoms with Crippen molar-refractivity contribution in [3.63, 3.8) is 0 Å². The van der Waals surface area contributed by atoms with Crippen LogP contribution in [-0.2, 0) is 11.2 Å². The molecular weight excluding hydrogens is 422 g/mol. The molecule has 1 saturated carbocycles. The van der Waals surface area contributed by atoms with Gasteiger partial charge in [-0.1, -0.05) is 56.7 Å². The molecule has 2 aliphatic rings. The molecule has 1 heterocycles. The van der Waals surface area contributed by atoms with Crippen molar-refractivity contribution in [2.45, 2.75) is 71.9 Å². The van der Waals surface area contributed by atoms with Crippen LogP contribution in [0.2, 0.25) is 0 Å². The molecule has 1 aliphatic heterocycles. The molecule has 1 N–H and O–H groups in total. The second kappa shape index (κ2) is 9.73. The predicted molar refractivity (Wildman–Crippen MR) is 137 cm³/mol. The zero-order valence-electron chi connectivity index (χ0n) is 21.0. The van der Waals surface area contributed by atoms with Crippen molar-refractivity contribution >= 4 is 17.5 Å². The van der Waals surface area contributed by atoms with Crippen LogP contribution in [0, 0.1) is 12.3 Å². The fourth-order valence-corrected chi connectivity index (χ4v) is 5.04. The number of carbonyl (C=O) groups excluding carboxylic acids is 2. The molecule has 1 spiro atoms. The SMILES string of the molecule is CCCNC(=O)c1ccc(CCN2C(=O)C(c3cccc(C)c3)=NC23CCC(C)(C)CC3)cc1. The van der Waals surface area contributed by atoms with E-state index < -0.39 is 5.66 Å². The summed E-state index contributed by atoms with van der Waals surface area (Å²) < 4.78 is 0. The van der Waals surface area contributed by atoms with Gasteiger partial charge in [-0.15, -0.1) is 0 Å². The summed E-state index contributed by atoms with van der Waals surface area (Å²) in [6.45, 7) is 10.0. The molecule has 4 rings (SSSR count). The van der Waals surface area contributed by atoms with Gasteiger partial charge in [0.25, 0.3) is 11.8 Å². The first kappa shape index (κ1) is 24.2. The molecular formula is C29H37N3O2. The fraction of sp³-hybridized carbons (Fsp3) is 0.483. The van der Waals surface area contributed by atoms with Gasteiger partial charge in [-0.2, -0.15) is 0 Å².